The second-order valence-corrected chi connectivity index (χ2v) is 10.4. The van der Waals surface area contributed by atoms with Crippen LogP contribution in [0.5, 0.6) is 0 Å². The molecule has 0 radical (unpaired) electrons. The number of H-pyrrole nitrogens is 1. The number of aliphatic hydroxyl groups is 1. The van der Waals surface area contributed by atoms with Crippen LogP contribution in [0.4, 0.5) is 5.69 Å². The molecule has 1 aromatic heterocycles. The summed E-state index contributed by atoms with van der Waals surface area (Å²) in [5.41, 5.74) is 11.4. The number of hydrogen-bond donors (Lipinski definition) is 6. The van der Waals surface area contributed by atoms with Crippen molar-refractivity contribution in [1.29, 1.82) is 0 Å². The number of sulfonamides is 2. The molecule has 31 heavy (non-hydrogen) atoms. The Morgan fingerprint density at radius 3 is 2.58 bits per heavy atom. The van der Waals surface area contributed by atoms with E-state index in [0.717, 1.165) is 12.5 Å². The Labute approximate surface area is 179 Å². The summed E-state index contributed by atoms with van der Waals surface area (Å²) >= 11 is 0. The van der Waals surface area contributed by atoms with E-state index in [2.05, 4.69) is 25.3 Å². The number of primary sulfonamides is 1. The van der Waals surface area contributed by atoms with Crippen LogP contribution >= 0.6 is 0 Å². The van der Waals surface area contributed by atoms with E-state index in [9.17, 15) is 21.9 Å². The van der Waals surface area contributed by atoms with Crippen molar-refractivity contribution >= 4 is 25.7 Å². The summed E-state index contributed by atoms with van der Waals surface area (Å²) in [6, 6.07) is 2.61. The maximum absolute atomic E-state index is 12.9. The molecule has 172 valence electrons. The molecular weight excluding hydrogens is 450 g/mol. The molecule has 0 saturated carbocycles. The molecule has 2 atom stereocenters. The average Bonchev–Trinajstić information content (AvgIpc) is 3.42. The van der Waals surface area contributed by atoms with Gasteiger partial charge in [-0.2, -0.15) is 5.21 Å². The molecule has 16 heteroatoms. The van der Waals surface area contributed by atoms with Crippen molar-refractivity contribution < 1.29 is 21.9 Å². The van der Waals surface area contributed by atoms with E-state index in [-0.39, 0.29) is 23.9 Å². The number of aromatic nitrogens is 4. The molecular formula is C15H25N9O5S2. The highest BCUT2D eigenvalue weighted by Gasteiger charge is 2.34. The largest absolute Gasteiger partial charge is 0.390 e. The van der Waals surface area contributed by atoms with Crippen LogP contribution in [0.3, 0.4) is 0 Å². The standard InChI is InChI=1S/C15H25N9O5S2/c16-5-9-3-4-24(8-9)11-1-2-12(31(28,29)19-7-10(25)6-17)14(30(18,26)27)13(11)15-20-22-23-21-15/h1-2,9-10,19,25H,3-8,16-17H2,(H2,18,26,27)(H,20,21,22,23). The number of hydrogen-bond acceptors (Lipinski definition) is 11. The second kappa shape index (κ2) is 9.11. The smallest absolute Gasteiger partial charge is 0.242 e. The summed E-state index contributed by atoms with van der Waals surface area (Å²) in [7, 11) is -8.97. The quantitative estimate of drug-likeness (QED) is 0.212. The zero-order chi connectivity index (χ0) is 22.8. The highest BCUT2D eigenvalue weighted by Crippen LogP contribution is 2.39. The number of nitrogens with zero attached hydrogens (tertiary/aromatic N) is 4. The van der Waals surface area contributed by atoms with E-state index < -0.39 is 42.5 Å². The van der Waals surface area contributed by atoms with Gasteiger partial charge in [0, 0.05) is 31.9 Å². The van der Waals surface area contributed by atoms with Gasteiger partial charge in [0.05, 0.1) is 11.7 Å². The lowest BCUT2D eigenvalue weighted by atomic mass is 10.1. The molecule has 2 unspecified atom stereocenters. The Bertz CT molecular complexity index is 1120. The zero-order valence-corrected chi connectivity index (χ0v) is 18.1. The maximum atomic E-state index is 12.9. The van der Waals surface area contributed by atoms with Gasteiger partial charge in [-0.25, -0.2) is 26.7 Å². The molecule has 0 aliphatic carbocycles. The normalized spacial score (nSPS) is 18.5. The van der Waals surface area contributed by atoms with Gasteiger partial charge in [-0.05, 0) is 36.2 Å². The number of tetrazole rings is 1. The fourth-order valence-electron chi connectivity index (χ4n) is 3.41. The van der Waals surface area contributed by atoms with Gasteiger partial charge in [0.15, 0.2) is 0 Å². The second-order valence-electron chi connectivity index (χ2n) is 7.15. The number of aliphatic hydroxyl groups excluding tert-OH is 1. The Balaban J connectivity index is 2.22. The summed E-state index contributed by atoms with van der Waals surface area (Å²) in [6.45, 7) is 0.972. The monoisotopic (exact) mass is 475 g/mol. The Hall–Kier alpha value is -2.21. The van der Waals surface area contributed by atoms with Gasteiger partial charge < -0.3 is 21.5 Å². The minimum absolute atomic E-state index is 0.0869. The first-order valence-electron chi connectivity index (χ1n) is 9.35. The topological polar surface area (TPSA) is 236 Å². The lowest BCUT2D eigenvalue weighted by Gasteiger charge is -2.24. The van der Waals surface area contributed by atoms with Crippen LogP contribution in [0.1, 0.15) is 6.42 Å². The number of anilines is 1. The third-order valence-electron chi connectivity index (χ3n) is 4.98. The van der Waals surface area contributed by atoms with Crippen molar-refractivity contribution in [2.75, 3.05) is 37.6 Å². The van der Waals surface area contributed by atoms with Crippen molar-refractivity contribution in [1.82, 2.24) is 25.3 Å². The molecule has 2 aromatic rings. The number of nitrogens with one attached hydrogen (secondary N) is 2. The highest BCUT2D eigenvalue weighted by atomic mass is 32.2. The van der Waals surface area contributed by atoms with E-state index in [1.54, 1.807) is 0 Å². The van der Waals surface area contributed by atoms with Crippen molar-refractivity contribution in [3.63, 3.8) is 0 Å². The third-order valence-corrected chi connectivity index (χ3v) is 7.57. The van der Waals surface area contributed by atoms with E-state index in [0.29, 0.717) is 25.3 Å². The van der Waals surface area contributed by atoms with Gasteiger partial charge >= 0.3 is 0 Å². The average molecular weight is 476 g/mol. The lowest BCUT2D eigenvalue weighted by Crippen LogP contribution is -2.37. The van der Waals surface area contributed by atoms with Crippen LogP contribution in [-0.2, 0) is 20.0 Å². The van der Waals surface area contributed by atoms with Crippen LogP contribution in [0, 0.1) is 5.92 Å². The molecule has 14 nitrogen and oxygen atoms in total. The molecule has 1 aromatic carbocycles. The summed E-state index contributed by atoms with van der Waals surface area (Å²) in [6.07, 6.45) is -0.368. The molecule has 1 aliphatic heterocycles. The fraction of sp³-hybridized carbons (Fsp3) is 0.533. The third kappa shape index (κ3) is 5.00. The minimum atomic E-state index is -4.57. The molecule has 2 heterocycles. The van der Waals surface area contributed by atoms with Gasteiger partial charge in [-0.3, -0.25) is 0 Å². The van der Waals surface area contributed by atoms with Crippen LogP contribution in [0.2, 0.25) is 0 Å². The van der Waals surface area contributed by atoms with Crippen molar-refractivity contribution in [3.05, 3.63) is 12.1 Å². The van der Waals surface area contributed by atoms with E-state index in [1.165, 1.54) is 6.07 Å². The Morgan fingerprint density at radius 2 is 2.03 bits per heavy atom. The molecule has 3 rings (SSSR count). The van der Waals surface area contributed by atoms with Crippen LogP contribution in [0.25, 0.3) is 11.4 Å². The molecule has 1 saturated heterocycles. The summed E-state index contributed by atoms with van der Waals surface area (Å²) < 4.78 is 53.1. The predicted octanol–water partition coefficient (Wildman–Crippen LogP) is -3.10. The molecule has 9 N–H and O–H groups in total. The van der Waals surface area contributed by atoms with Gasteiger partial charge in [-0.1, -0.05) is 0 Å². The van der Waals surface area contributed by atoms with Crippen LogP contribution in [-0.4, -0.2) is 81.4 Å². The summed E-state index contributed by atoms with van der Waals surface area (Å²) in [5.74, 6) is 0.0631. The summed E-state index contributed by atoms with van der Waals surface area (Å²) in [4.78, 5) is 0.606. The highest BCUT2D eigenvalue weighted by molar-refractivity contribution is 7.92. The number of rotatable bonds is 9. The Kier molecular flexibility index (Phi) is 6.89. The van der Waals surface area contributed by atoms with E-state index in [1.807, 2.05) is 4.90 Å². The van der Waals surface area contributed by atoms with Crippen molar-refractivity contribution in [2.45, 2.75) is 22.3 Å². The molecule has 0 spiro atoms. The van der Waals surface area contributed by atoms with Gasteiger partial charge in [0.2, 0.25) is 25.9 Å². The molecule has 1 fully saturated rings. The minimum Gasteiger partial charge on any atom is -0.390 e. The van der Waals surface area contributed by atoms with E-state index >= 15 is 0 Å². The van der Waals surface area contributed by atoms with E-state index in [4.69, 9.17) is 16.6 Å². The maximum Gasteiger partial charge on any atom is 0.242 e. The first-order chi connectivity index (χ1) is 14.6. The molecule has 0 amide bonds. The van der Waals surface area contributed by atoms with Crippen LogP contribution < -0.4 is 26.2 Å². The predicted molar refractivity (Wildman–Crippen MR) is 111 cm³/mol. The lowest BCUT2D eigenvalue weighted by molar-refractivity contribution is 0.186. The Morgan fingerprint density at radius 1 is 1.29 bits per heavy atom. The zero-order valence-electron chi connectivity index (χ0n) is 16.5. The van der Waals surface area contributed by atoms with Gasteiger partial charge in [0.1, 0.15) is 9.79 Å². The van der Waals surface area contributed by atoms with Crippen LogP contribution in [0.15, 0.2) is 21.9 Å². The fourth-order valence-corrected chi connectivity index (χ4v) is 6.07. The first-order valence-corrected chi connectivity index (χ1v) is 12.4. The SMILES string of the molecule is NCC(O)CNS(=O)(=O)c1ccc(N2CCC(CN)C2)c(-c2nn[nH]n2)c1S(N)(=O)=O. The summed E-state index contributed by atoms with van der Waals surface area (Å²) in [5, 5.41) is 28.4. The first kappa shape index (κ1) is 23.5. The van der Waals surface area contributed by atoms with Gasteiger partial charge in [-0.15, -0.1) is 10.2 Å². The van der Waals surface area contributed by atoms with Crippen molar-refractivity contribution in [3.8, 4) is 11.4 Å². The molecule has 0 bridgehead atoms. The molecule has 1 aliphatic rings. The van der Waals surface area contributed by atoms with Gasteiger partial charge in [0.25, 0.3) is 0 Å². The number of nitrogens with two attached hydrogens (primary N) is 3. The number of aromatic amines is 1. The number of benzene rings is 1. The van der Waals surface area contributed by atoms with Crippen molar-refractivity contribution in [2.24, 2.45) is 22.5 Å².